The van der Waals surface area contributed by atoms with Gasteiger partial charge in [-0.2, -0.15) is 0 Å². The van der Waals surface area contributed by atoms with Crippen LogP contribution in [0.3, 0.4) is 0 Å². The zero-order valence-corrected chi connectivity index (χ0v) is 13.1. The van der Waals surface area contributed by atoms with Gasteiger partial charge in [0.1, 0.15) is 5.69 Å². The van der Waals surface area contributed by atoms with Gasteiger partial charge in [-0.05, 0) is 24.6 Å². The van der Waals surface area contributed by atoms with Crippen molar-refractivity contribution in [2.24, 2.45) is 5.73 Å². The lowest BCUT2D eigenvalue weighted by Gasteiger charge is -2.06. The first kappa shape index (κ1) is 17.1. The van der Waals surface area contributed by atoms with Crippen molar-refractivity contribution in [3.8, 4) is 0 Å². The second-order valence-electron chi connectivity index (χ2n) is 5.07. The topological polar surface area (TPSA) is 127 Å². The highest BCUT2D eigenvalue weighted by molar-refractivity contribution is 5.96. The first-order chi connectivity index (χ1) is 11.5. The molecule has 24 heavy (non-hydrogen) atoms. The van der Waals surface area contributed by atoms with Crippen LogP contribution in [0.2, 0.25) is 0 Å². The summed E-state index contributed by atoms with van der Waals surface area (Å²) in [5.74, 6) is -1.33. The van der Waals surface area contributed by atoms with E-state index in [-0.39, 0.29) is 30.6 Å². The smallest absolute Gasteiger partial charge is 0.271 e. The summed E-state index contributed by atoms with van der Waals surface area (Å²) in [6.45, 7) is 1.86. The van der Waals surface area contributed by atoms with Gasteiger partial charge in [0.25, 0.3) is 11.8 Å². The Morgan fingerprint density at radius 1 is 1.00 bits per heavy atom. The standard InChI is InChI=1S/C16H17N5O3/c1-10-6-19-13(8-18-10)16(24)20-7-11-2-4-12(5-3-11)15(23)21-9-14(17)22/h2-6,8H,7,9H2,1H3,(H2,17,22)(H,20,24)(H,21,23). The van der Waals surface area contributed by atoms with Crippen LogP contribution < -0.4 is 16.4 Å². The third-order valence-electron chi connectivity index (χ3n) is 3.11. The number of benzene rings is 1. The first-order valence-corrected chi connectivity index (χ1v) is 7.18. The van der Waals surface area contributed by atoms with Gasteiger partial charge in [0.2, 0.25) is 5.91 Å². The van der Waals surface area contributed by atoms with Gasteiger partial charge in [-0.15, -0.1) is 0 Å². The molecule has 0 fully saturated rings. The van der Waals surface area contributed by atoms with Gasteiger partial charge in [-0.1, -0.05) is 12.1 Å². The largest absolute Gasteiger partial charge is 0.368 e. The lowest BCUT2D eigenvalue weighted by atomic mass is 10.1. The minimum absolute atomic E-state index is 0.214. The number of nitrogens with one attached hydrogen (secondary N) is 2. The molecule has 0 unspecified atom stereocenters. The van der Waals surface area contributed by atoms with Crippen molar-refractivity contribution in [3.05, 3.63) is 59.2 Å². The van der Waals surface area contributed by atoms with Crippen LogP contribution in [0.1, 0.15) is 32.1 Å². The molecule has 0 saturated heterocycles. The predicted molar refractivity (Wildman–Crippen MR) is 85.9 cm³/mol. The van der Waals surface area contributed by atoms with E-state index in [4.69, 9.17) is 5.73 Å². The van der Waals surface area contributed by atoms with Crippen molar-refractivity contribution < 1.29 is 14.4 Å². The third kappa shape index (κ3) is 4.87. The number of aromatic nitrogens is 2. The Labute approximate surface area is 138 Å². The number of nitrogens with two attached hydrogens (primary N) is 1. The molecule has 0 aliphatic heterocycles. The Bertz CT molecular complexity index is 741. The molecule has 0 bridgehead atoms. The highest BCUT2D eigenvalue weighted by atomic mass is 16.2. The number of aryl methyl sites for hydroxylation is 1. The highest BCUT2D eigenvalue weighted by Crippen LogP contribution is 2.05. The monoisotopic (exact) mass is 327 g/mol. The molecule has 0 atom stereocenters. The number of nitrogens with zero attached hydrogens (tertiary/aromatic N) is 2. The van der Waals surface area contributed by atoms with Crippen LogP contribution in [0.4, 0.5) is 0 Å². The Morgan fingerprint density at radius 3 is 2.29 bits per heavy atom. The molecule has 0 aliphatic carbocycles. The second-order valence-corrected chi connectivity index (χ2v) is 5.07. The lowest BCUT2D eigenvalue weighted by Crippen LogP contribution is -2.33. The first-order valence-electron chi connectivity index (χ1n) is 7.18. The molecule has 1 aromatic carbocycles. The normalized spacial score (nSPS) is 10.0. The SMILES string of the molecule is Cc1cnc(C(=O)NCc2ccc(C(=O)NCC(N)=O)cc2)cn1. The predicted octanol–water partition coefficient (Wildman–Crippen LogP) is -0.0699. The van der Waals surface area contributed by atoms with Crippen LogP contribution in [0.25, 0.3) is 0 Å². The molecule has 1 heterocycles. The Morgan fingerprint density at radius 2 is 1.71 bits per heavy atom. The molecule has 1 aromatic heterocycles. The summed E-state index contributed by atoms with van der Waals surface area (Å²) < 4.78 is 0. The molecule has 8 nitrogen and oxygen atoms in total. The number of primary amides is 1. The molecule has 0 saturated carbocycles. The quantitative estimate of drug-likeness (QED) is 0.684. The van der Waals surface area contributed by atoms with Gasteiger partial charge < -0.3 is 16.4 Å². The minimum atomic E-state index is -0.609. The van der Waals surface area contributed by atoms with Crippen molar-refractivity contribution in [1.82, 2.24) is 20.6 Å². The molecule has 3 amide bonds. The highest BCUT2D eigenvalue weighted by Gasteiger charge is 2.08. The van der Waals surface area contributed by atoms with Crippen molar-refractivity contribution >= 4 is 17.7 Å². The van der Waals surface area contributed by atoms with E-state index in [1.165, 1.54) is 12.4 Å². The van der Waals surface area contributed by atoms with Crippen LogP contribution >= 0.6 is 0 Å². The van der Waals surface area contributed by atoms with Gasteiger partial charge in [0.05, 0.1) is 18.4 Å². The fourth-order valence-corrected chi connectivity index (χ4v) is 1.83. The van der Waals surface area contributed by atoms with Crippen LogP contribution in [0, 0.1) is 6.92 Å². The van der Waals surface area contributed by atoms with Gasteiger partial charge in [-0.25, -0.2) is 4.98 Å². The molecular weight excluding hydrogens is 310 g/mol. The van der Waals surface area contributed by atoms with E-state index in [0.29, 0.717) is 5.56 Å². The van der Waals surface area contributed by atoms with E-state index in [9.17, 15) is 14.4 Å². The van der Waals surface area contributed by atoms with Crippen LogP contribution in [0.15, 0.2) is 36.7 Å². The fourth-order valence-electron chi connectivity index (χ4n) is 1.83. The summed E-state index contributed by atoms with van der Waals surface area (Å²) in [5, 5.41) is 5.12. The van der Waals surface area contributed by atoms with Crippen molar-refractivity contribution in [2.45, 2.75) is 13.5 Å². The van der Waals surface area contributed by atoms with Gasteiger partial charge in [0, 0.05) is 18.3 Å². The Balaban J connectivity index is 1.89. The number of hydrogen-bond donors (Lipinski definition) is 3. The number of amides is 3. The van der Waals surface area contributed by atoms with Crippen LogP contribution in [0.5, 0.6) is 0 Å². The van der Waals surface area contributed by atoms with E-state index in [0.717, 1.165) is 11.3 Å². The van der Waals surface area contributed by atoms with Crippen LogP contribution in [-0.2, 0) is 11.3 Å². The summed E-state index contributed by atoms with van der Waals surface area (Å²) in [4.78, 5) is 42.3. The summed E-state index contributed by atoms with van der Waals surface area (Å²) in [6, 6.07) is 6.62. The van der Waals surface area contributed by atoms with Crippen molar-refractivity contribution in [2.75, 3.05) is 6.54 Å². The van der Waals surface area contributed by atoms with Gasteiger partial charge in [-0.3, -0.25) is 19.4 Å². The molecule has 0 spiro atoms. The molecule has 8 heteroatoms. The van der Waals surface area contributed by atoms with Crippen molar-refractivity contribution in [3.63, 3.8) is 0 Å². The zero-order valence-electron chi connectivity index (χ0n) is 13.1. The summed E-state index contributed by atoms with van der Waals surface area (Å²) in [7, 11) is 0. The fraction of sp³-hybridized carbons (Fsp3) is 0.188. The maximum Gasteiger partial charge on any atom is 0.271 e. The average molecular weight is 327 g/mol. The number of hydrogen-bond acceptors (Lipinski definition) is 5. The molecule has 4 N–H and O–H groups in total. The number of carbonyl (C=O) groups is 3. The Hall–Kier alpha value is -3.29. The molecule has 0 radical (unpaired) electrons. The van der Waals surface area contributed by atoms with E-state index in [1.54, 1.807) is 31.2 Å². The third-order valence-corrected chi connectivity index (χ3v) is 3.11. The average Bonchev–Trinajstić information content (AvgIpc) is 2.58. The molecule has 0 aliphatic rings. The van der Waals surface area contributed by atoms with E-state index in [1.807, 2.05) is 0 Å². The molecular formula is C16H17N5O3. The van der Waals surface area contributed by atoms with E-state index >= 15 is 0 Å². The summed E-state index contributed by atoms with van der Waals surface area (Å²) in [5.41, 5.74) is 7.15. The molecule has 2 aromatic rings. The van der Waals surface area contributed by atoms with Crippen LogP contribution in [-0.4, -0.2) is 34.2 Å². The minimum Gasteiger partial charge on any atom is -0.368 e. The van der Waals surface area contributed by atoms with Gasteiger partial charge in [0.15, 0.2) is 0 Å². The summed E-state index contributed by atoms with van der Waals surface area (Å²) >= 11 is 0. The number of carbonyl (C=O) groups excluding carboxylic acids is 3. The Kier molecular flexibility index (Phi) is 5.56. The maximum absolute atomic E-state index is 11.9. The summed E-state index contributed by atoms with van der Waals surface area (Å²) in [6.07, 6.45) is 2.94. The van der Waals surface area contributed by atoms with Crippen molar-refractivity contribution in [1.29, 1.82) is 0 Å². The maximum atomic E-state index is 11.9. The number of rotatable bonds is 6. The van der Waals surface area contributed by atoms with E-state index < -0.39 is 5.91 Å². The molecule has 2 rings (SSSR count). The molecule has 124 valence electrons. The van der Waals surface area contributed by atoms with Gasteiger partial charge >= 0.3 is 0 Å². The van der Waals surface area contributed by atoms with E-state index in [2.05, 4.69) is 20.6 Å². The zero-order chi connectivity index (χ0) is 17.5. The second kappa shape index (κ2) is 7.82. The lowest BCUT2D eigenvalue weighted by molar-refractivity contribution is -0.117.